The summed E-state index contributed by atoms with van der Waals surface area (Å²) in [5.41, 5.74) is -1.19. The number of hydrogen-bond acceptors (Lipinski definition) is 4. The van der Waals surface area contributed by atoms with E-state index in [2.05, 4.69) is 6.26 Å². The van der Waals surface area contributed by atoms with E-state index in [1.54, 1.807) is 0 Å². The summed E-state index contributed by atoms with van der Waals surface area (Å²) in [5, 5.41) is 16.8. The number of thioether (sulfide) groups is 2. The molecule has 2 nitrogen and oxygen atoms in total. The average Bonchev–Trinajstić information content (AvgIpc) is 1.87. The molecule has 0 saturated carbocycles. The molecule has 2 N–H and O–H groups in total. The van der Waals surface area contributed by atoms with E-state index in [9.17, 15) is 0 Å². The van der Waals surface area contributed by atoms with Crippen molar-refractivity contribution in [3.63, 3.8) is 0 Å². The molecule has 0 aliphatic rings. The molecule has 0 aliphatic carbocycles. The average molecular weight is 182 g/mol. The van der Waals surface area contributed by atoms with Gasteiger partial charge in [-0.3, -0.25) is 0 Å². The molecule has 0 fully saturated rings. The molecule has 0 unspecified atom stereocenters. The minimum absolute atomic E-state index is 0.845. The minimum atomic E-state index is -1.19. The predicted octanol–water partition coefficient (Wildman–Crippen LogP) is 1.13. The van der Waals surface area contributed by atoms with Crippen molar-refractivity contribution in [2.75, 3.05) is 17.8 Å². The van der Waals surface area contributed by atoms with Crippen molar-refractivity contribution in [3.05, 3.63) is 0 Å². The molecule has 62 valence electrons. The monoisotopic (exact) mass is 182 g/mol. The quantitative estimate of drug-likeness (QED) is 0.477. The van der Waals surface area contributed by atoms with Gasteiger partial charge in [-0.2, -0.15) is 11.8 Å². The Morgan fingerprint density at radius 3 is 2.30 bits per heavy atom. The predicted molar refractivity (Wildman–Crippen MR) is 48.3 cm³/mol. The van der Waals surface area contributed by atoms with Crippen LogP contribution < -0.4 is 0 Å². The SMILES string of the molecule is CSCCCCSC(O)O. The fraction of sp³-hybridized carbons (Fsp3) is 1.00. The summed E-state index contributed by atoms with van der Waals surface area (Å²) < 4.78 is 0. The lowest BCUT2D eigenvalue weighted by Gasteiger charge is -2.01. The van der Waals surface area contributed by atoms with Gasteiger partial charge in [0, 0.05) is 0 Å². The van der Waals surface area contributed by atoms with Crippen molar-refractivity contribution in [2.45, 2.75) is 18.5 Å². The topological polar surface area (TPSA) is 40.5 Å². The van der Waals surface area contributed by atoms with Crippen LogP contribution in [0, 0.1) is 0 Å². The van der Waals surface area contributed by atoms with E-state index in [1.165, 1.54) is 23.9 Å². The maximum absolute atomic E-state index is 8.42. The Morgan fingerprint density at radius 1 is 1.20 bits per heavy atom. The maximum atomic E-state index is 8.42. The molecular formula is C6H14O2S2. The van der Waals surface area contributed by atoms with Crippen LogP contribution in [0.4, 0.5) is 0 Å². The van der Waals surface area contributed by atoms with E-state index in [0.29, 0.717) is 0 Å². The summed E-state index contributed by atoms with van der Waals surface area (Å²) in [4.78, 5) is 0. The third-order valence-corrected chi connectivity index (χ3v) is 2.53. The highest BCUT2D eigenvalue weighted by molar-refractivity contribution is 7.99. The van der Waals surface area contributed by atoms with Gasteiger partial charge in [0.1, 0.15) is 0 Å². The summed E-state index contributed by atoms with van der Waals surface area (Å²) in [6.07, 6.45) is 4.32. The fourth-order valence-electron chi connectivity index (χ4n) is 0.537. The minimum Gasteiger partial charge on any atom is -0.360 e. The van der Waals surface area contributed by atoms with Gasteiger partial charge >= 0.3 is 0 Å². The molecule has 0 rings (SSSR count). The maximum Gasteiger partial charge on any atom is 0.201 e. The Morgan fingerprint density at radius 2 is 1.80 bits per heavy atom. The summed E-state index contributed by atoms with van der Waals surface area (Å²) in [7, 11) is 0. The van der Waals surface area contributed by atoms with E-state index < -0.39 is 5.62 Å². The van der Waals surface area contributed by atoms with Crippen LogP contribution in [0.3, 0.4) is 0 Å². The smallest absolute Gasteiger partial charge is 0.201 e. The Kier molecular flexibility index (Phi) is 8.20. The molecule has 0 aromatic rings. The van der Waals surface area contributed by atoms with Gasteiger partial charge in [-0.15, -0.1) is 11.8 Å². The van der Waals surface area contributed by atoms with Gasteiger partial charge in [0.05, 0.1) is 0 Å². The number of unbranched alkanes of at least 4 members (excludes halogenated alkanes) is 1. The highest BCUT2D eigenvalue weighted by Crippen LogP contribution is 2.09. The third-order valence-electron chi connectivity index (χ3n) is 1.01. The van der Waals surface area contributed by atoms with Crippen molar-refractivity contribution in [1.82, 2.24) is 0 Å². The van der Waals surface area contributed by atoms with Gasteiger partial charge in [0.2, 0.25) is 5.62 Å². The normalized spacial score (nSPS) is 10.8. The van der Waals surface area contributed by atoms with Gasteiger partial charge in [-0.1, -0.05) is 0 Å². The highest BCUT2D eigenvalue weighted by Gasteiger charge is 1.95. The largest absolute Gasteiger partial charge is 0.360 e. The van der Waals surface area contributed by atoms with Gasteiger partial charge < -0.3 is 10.2 Å². The second-order valence-electron chi connectivity index (χ2n) is 1.90. The second-order valence-corrected chi connectivity index (χ2v) is 4.05. The lowest BCUT2D eigenvalue weighted by Crippen LogP contribution is -1.98. The summed E-state index contributed by atoms with van der Waals surface area (Å²) in [6.45, 7) is 0. The second kappa shape index (κ2) is 7.72. The molecule has 4 heteroatoms. The van der Waals surface area contributed by atoms with E-state index >= 15 is 0 Å². The molecule has 0 amide bonds. The lowest BCUT2D eigenvalue weighted by molar-refractivity contribution is 0.0405. The standard InChI is InChI=1S/C6H14O2S2/c1-9-4-2-3-5-10-6(7)8/h6-8H,2-5H2,1H3. The zero-order valence-corrected chi connectivity index (χ0v) is 7.75. The van der Waals surface area contributed by atoms with Gasteiger partial charge in [-0.25, -0.2) is 0 Å². The number of hydrogen-bond donors (Lipinski definition) is 2. The van der Waals surface area contributed by atoms with Crippen LogP contribution in [0.15, 0.2) is 0 Å². The molecule has 0 heterocycles. The Hall–Kier alpha value is 0.620. The van der Waals surface area contributed by atoms with Crippen molar-refractivity contribution in [3.8, 4) is 0 Å². The Bertz CT molecular complexity index is 68.8. The molecule has 0 spiro atoms. The molecule has 10 heavy (non-hydrogen) atoms. The van der Waals surface area contributed by atoms with E-state index in [0.717, 1.165) is 12.2 Å². The van der Waals surface area contributed by atoms with Gasteiger partial charge in [-0.05, 0) is 30.6 Å². The molecule has 0 aliphatic heterocycles. The molecule has 0 aromatic carbocycles. The molecule has 0 atom stereocenters. The van der Waals surface area contributed by atoms with Crippen molar-refractivity contribution >= 4 is 23.5 Å². The van der Waals surface area contributed by atoms with Crippen molar-refractivity contribution < 1.29 is 10.2 Å². The fourth-order valence-corrected chi connectivity index (χ4v) is 1.61. The number of aliphatic hydroxyl groups is 2. The number of aliphatic hydroxyl groups excluding tert-OH is 1. The number of rotatable bonds is 6. The first-order valence-corrected chi connectivity index (χ1v) is 5.68. The summed E-state index contributed by atoms with van der Waals surface area (Å²) in [5.74, 6) is 2.01. The first kappa shape index (κ1) is 10.6. The first-order chi connectivity index (χ1) is 4.77. The van der Waals surface area contributed by atoms with E-state index in [1.807, 2.05) is 11.8 Å². The Balaban J connectivity index is 2.77. The first-order valence-electron chi connectivity index (χ1n) is 3.24. The van der Waals surface area contributed by atoms with Gasteiger partial charge in [0.25, 0.3) is 0 Å². The van der Waals surface area contributed by atoms with Gasteiger partial charge in [0.15, 0.2) is 0 Å². The third kappa shape index (κ3) is 8.62. The van der Waals surface area contributed by atoms with E-state index in [-0.39, 0.29) is 0 Å². The van der Waals surface area contributed by atoms with E-state index in [4.69, 9.17) is 10.2 Å². The van der Waals surface area contributed by atoms with Crippen LogP contribution in [-0.4, -0.2) is 33.6 Å². The molecule has 0 bridgehead atoms. The molecule has 0 saturated heterocycles. The Labute approximate surface area is 70.4 Å². The van der Waals surface area contributed by atoms with Crippen LogP contribution in [0.1, 0.15) is 12.8 Å². The zero-order chi connectivity index (χ0) is 7.82. The molecule has 0 radical (unpaired) electrons. The van der Waals surface area contributed by atoms with Crippen LogP contribution in [0.25, 0.3) is 0 Å². The van der Waals surface area contributed by atoms with Crippen LogP contribution >= 0.6 is 23.5 Å². The van der Waals surface area contributed by atoms with Crippen LogP contribution in [0.2, 0.25) is 0 Å². The molecular weight excluding hydrogens is 168 g/mol. The van der Waals surface area contributed by atoms with Crippen molar-refractivity contribution in [2.24, 2.45) is 0 Å². The highest BCUT2D eigenvalue weighted by atomic mass is 32.2. The molecule has 0 aromatic heterocycles. The van der Waals surface area contributed by atoms with Crippen molar-refractivity contribution in [1.29, 1.82) is 0 Å². The summed E-state index contributed by atoms with van der Waals surface area (Å²) >= 11 is 3.01. The van der Waals surface area contributed by atoms with Crippen LogP contribution in [0.5, 0.6) is 0 Å². The summed E-state index contributed by atoms with van der Waals surface area (Å²) in [6, 6.07) is 0. The zero-order valence-electron chi connectivity index (χ0n) is 6.12. The lowest BCUT2D eigenvalue weighted by atomic mass is 10.4. The van der Waals surface area contributed by atoms with Crippen LogP contribution in [-0.2, 0) is 0 Å².